The van der Waals surface area contributed by atoms with Crippen molar-refractivity contribution in [3.05, 3.63) is 11.9 Å². The highest BCUT2D eigenvalue weighted by atomic mass is 32.2. The molecule has 1 heterocycles. The lowest BCUT2D eigenvalue weighted by molar-refractivity contribution is 0.486. The van der Waals surface area contributed by atoms with Gasteiger partial charge in [0.15, 0.2) is 0 Å². The van der Waals surface area contributed by atoms with E-state index in [1.54, 1.807) is 6.20 Å². The zero-order chi connectivity index (χ0) is 7.78. The maximum atomic E-state index is 10.7. The fourth-order valence-corrected chi connectivity index (χ4v) is 1.39. The first kappa shape index (κ1) is 7.60. The van der Waals surface area contributed by atoms with Crippen LogP contribution in [0.5, 0.6) is 0 Å². The second-order valence-electron chi connectivity index (χ2n) is 3.25. The van der Waals surface area contributed by atoms with Gasteiger partial charge in [0.2, 0.25) is 0 Å². The second kappa shape index (κ2) is 2.27. The van der Waals surface area contributed by atoms with E-state index in [0.29, 0.717) is 0 Å². The normalized spacial score (nSPS) is 19.7. The molecule has 0 aromatic heterocycles. The summed E-state index contributed by atoms with van der Waals surface area (Å²) in [4.78, 5) is 0. The Morgan fingerprint density at radius 2 is 2.20 bits per heavy atom. The van der Waals surface area contributed by atoms with Crippen molar-refractivity contribution in [2.75, 3.05) is 0 Å². The minimum Gasteiger partial charge on any atom is -0.437 e. The van der Waals surface area contributed by atoms with Crippen molar-refractivity contribution in [2.45, 2.75) is 20.8 Å². The summed E-state index contributed by atoms with van der Waals surface area (Å²) in [6.45, 7) is 6.14. The highest BCUT2D eigenvalue weighted by Crippen LogP contribution is 2.24. The predicted octanol–water partition coefficient (Wildman–Crippen LogP) is 1.54. The third-order valence-electron chi connectivity index (χ3n) is 1.28. The van der Waals surface area contributed by atoms with Crippen LogP contribution in [0.3, 0.4) is 0 Å². The minimum atomic E-state index is -1.22. The standard InChI is InChI=1S/C6H11N2OS/c1-6(2,3)5-4-7-10(9)8-5/h4H,1-3H3,(H,7,8,9)/q-1. The summed E-state index contributed by atoms with van der Waals surface area (Å²) in [5, 5.41) is 0. The van der Waals surface area contributed by atoms with E-state index in [2.05, 4.69) is 9.08 Å². The van der Waals surface area contributed by atoms with Crippen molar-refractivity contribution in [2.24, 2.45) is 9.78 Å². The van der Waals surface area contributed by atoms with Crippen molar-refractivity contribution in [3.63, 3.8) is 0 Å². The average Bonchev–Trinajstić information content (AvgIpc) is 2.11. The highest BCUT2D eigenvalue weighted by molar-refractivity contribution is 7.73. The number of hydrogen-bond donors (Lipinski definition) is 1. The summed E-state index contributed by atoms with van der Waals surface area (Å²) in [7, 11) is -1.22. The summed E-state index contributed by atoms with van der Waals surface area (Å²) >= 11 is 0. The SMILES string of the molecule is CC(C)(C)C1=CN=[S-](=O)N1. The first-order valence-electron chi connectivity index (χ1n) is 3.10. The van der Waals surface area contributed by atoms with Crippen LogP contribution >= 0.6 is 0 Å². The van der Waals surface area contributed by atoms with Gasteiger partial charge in [-0.1, -0.05) is 31.6 Å². The maximum Gasteiger partial charge on any atom is 0.0188 e. The summed E-state index contributed by atoms with van der Waals surface area (Å²) in [5.41, 5.74) is 0.959. The molecule has 1 aliphatic heterocycles. The fourth-order valence-electron chi connectivity index (χ4n) is 0.594. The molecule has 0 atom stereocenters. The van der Waals surface area contributed by atoms with Gasteiger partial charge >= 0.3 is 0 Å². The molecule has 4 heteroatoms. The Hall–Kier alpha value is -0.510. The Kier molecular flexibility index (Phi) is 1.72. The zero-order valence-electron chi connectivity index (χ0n) is 6.34. The lowest BCUT2D eigenvalue weighted by atomic mass is 9.93. The summed E-state index contributed by atoms with van der Waals surface area (Å²) in [6, 6.07) is 0. The molecule has 0 aromatic carbocycles. The Labute approximate surface area is 62.9 Å². The molecule has 0 radical (unpaired) electrons. The van der Waals surface area contributed by atoms with Gasteiger partial charge in [0, 0.05) is 17.3 Å². The number of hydrogen-bond acceptors (Lipinski definition) is 3. The Balaban J connectivity index is 2.76. The third kappa shape index (κ3) is 1.50. The monoisotopic (exact) mass is 159 g/mol. The fraction of sp³-hybridized carbons (Fsp3) is 0.667. The van der Waals surface area contributed by atoms with Crippen LogP contribution in [0.2, 0.25) is 0 Å². The van der Waals surface area contributed by atoms with E-state index in [1.165, 1.54) is 0 Å². The molecule has 1 aliphatic rings. The quantitative estimate of drug-likeness (QED) is 0.535. The zero-order valence-corrected chi connectivity index (χ0v) is 7.16. The van der Waals surface area contributed by atoms with Crippen LogP contribution in [-0.4, -0.2) is 0 Å². The van der Waals surface area contributed by atoms with Gasteiger partial charge in [-0.25, -0.2) is 0 Å². The molecule has 3 nitrogen and oxygen atoms in total. The van der Waals surface area contributed by atoms with Crippen molar-refractivity contribution in [1.82, 2.24) is 4.72 Å². The van der Waals surface area contributed by atoms with Crippen molar-refractivity contribution in [1.29, 1.82) is 0 Å². The van der Waals surface area contributed by atoms with Gasteiger partial charge in [0.05, 0.1) is 0 Å². The molecular formula is C6H11N2OS-. The van der Waals surface area contributed by atoms with Crippen molar-refractivity contribution in [3.8, 4) is 0 Å². The van der Waals surface area contributed by atoms with Gasteiger partial charge in [-0.05, 0) is 0 Å². The van der Waals surface area contributed by atoms with Crippen molar-refractivity contribution >= 4 is 10.8 Å². The van der Waals surface area contributed by atoms with Gasteiger partial charge in [0.25, 0.3) is 0 Å². The molecule has 0 unspecified atom stereocenters. The number of nitrogens with zero attached hydrogens (tertiary/aromatic N) is 1. The van der Waals surface area contributed by atoms with Crippen LogP contribution in [0.4, 0.5) is 0 Å². The van der Waals surface area contributed by atoms with Gasteiger partial charge in [-0.2, -0.15) is 0 Å². The smallest absolute Gasteiger partial charge is 0.0188 e. The molecule has 0 saturated heterocycles. The van der Waals surface area contributed by atoms with E-state index in [0.717, 1.165) is 5.70 Å². The topological polar surface area (TPSA) is 41.5 Å². The Bertz CT molecular complexity index is 243. The lowest BCUT2D eigenvalue weighted by Gasteiger charge is -2.22. The van der Waals surface area contributed by atoms with Gasteiger partial charge in [0.1, 0.15) is 0 Å². The van der Waals surface area contributed by atoms with E-state index in [4.69, 9.17) is 0 Å². The molecule has 58 valence electrons. The molecule has 1 rings (SSSR count). The third-order valence-corrected chi connectivity index (χ3v) is 1.97. The van der Waals surface area contributed by atoms with E-state index < -0.39 is 10.8 Å². The molecule has 10 heavy (non-hydrogen) atoms. The summed E-state index contributed by atoms with van der Waals surface area (Å²) < 4.78 is 17.1. The van der Waals surface area contributed by atoms with Crippen LogP contribution in [-0.2, 0) is 15.0 Å². The Morgan fingerprint density at radius 1 is 1.60 bits per heavy atom. The number of nitrogens with one attached hydrogen (secondary N) is 1. The lowest BCUT2D eigenvalue weighted by Crippen LogP contribution is -2.19. The first-order chi connectivity index (χ1) is 4.50. The average molecular weight is 159 g/mol. The van der Waals surface area contributed by atoms with Gasteiger partial charge in [-0.15, -0.1) is 0 Å². The summed E-state index contributed by atoms with van der Waals surface area (Å²) in [5.74, 6) is 0. The van der Waals surface area contributed by atoms with E-state index in [-0.39, 0.29) is 5.41 Å². The van der Waals surface area contributed by atoms with E-state index in [9.17, 15) is 4.21 Å². The summed E-state index contributed by atoms with van der Waals surface area (Å²) in [6.07, 6.45) is 1.64. The maximum absolute atomic E-state index is 10.7. The molecule has 0 aliphatic carbocycles. The largest absolute Gasteiger partial charge is 0.437 e. The van der Waals surface area contributed by atoms with Gasteiger partial charge in [-0.3, -0.25) is 0 Å². The molecule has 0 bridgehead atoms. The molecule has 1 N–H and O–H groups in total. The van der Waals surface area contributed by atoms with Crippen LogP contribution in [0.25, 0.3) is 0 Å². The Morgan fingerprint density at radius 3 is 2.40 bits per heavy atom. The van der Waals surface area contributed by atoms with E-state index >= 15 is 0 Å². The number of allylic oxidation sites excluding steroid dienone is 1. The van der Waals surface area contributed by atoms with Crippen LogP contribution in [0, 0.1) is 5.41 Å². The van der Waals surface area contributed by atoms with E-state index in [1.807, 2.05) is 20.8 Å². The van der Waals surface area contributed by atoms with Crippen LogP contribution < -0.4 is 4.72 Å². The first-order valence-corrected chi connectivity index (χ1v) is 4.21. The highest BCUT2D eigenvalue weighted by Gasteiger charge is 2.15. The van der Waals surface area contributed by atoms with Crippen molar-refractivity contribution < 1.29 is 4.21 Å². The van der Waals surface area contributed by atoms with Crippen LogP contribution in [0.1, 0.15) is 20.8 Å². The van der Waals surface area contributed by atoms with Crippen LogP contribution in [0.15, 0.2) is 16.3 Å². The minimum absolute atomic E-state index is 0.0235. The molecule has 0 spiro atoms. The molecular weight excluding hydrogens is 148 g/mol. The molecule has 0 fully saturated rings. The predicted molar refractivity (Wildman–Crippen MR) is 41.2 cm³/mol. The molecule has 0 aromatic rings. The molecule has 0 amide bonds. The molecule has 0 saturated carbocycles. The second-order valence-corrected chi connectivity index (χ2v) is 4.16. The number of rotatable bonds is 0. The van der Waals surface area contributed by atoms with Gasteiger partial charge < -0.3 is 13.3 Å².